The number of carbonyl (C=O) groups excluding carboxylic acids is 1. The van der Waals surface area contributed by atoms with Gasteiger partial charge in [-0.05, 0) is 47.0 Å². The highest BCUT2D eigenvalue weighted by atomic mass is 16.1. The van der Waals surface area contributed by atoms with Gasteiger partial charge >= 0.3 is 0 Å². The highest BCUT2D eigenvalue weighted by Crippen LogP contribution is 2.12. The molecular weight excluding hydrogens is 240 g/mol. The van der Waals surface area contributed by atoms with E-state index in [1.54, 1.807) is 18.3 Å². The number of carbonyl (C=O) groups is 1. The summed E-state index contributed by atoms with van der Waals surface area (Å²) in [5.41, 5.74) is 0.495. The van der Waals surface area contributed by atoms with E-state index in [9.17, 15) is 4.79 Å². The zero-order valence-corrected chi connectivity index (χ0v) is 12.4. The first-order chi connectivity index (χ1) is 8.88. The Morgan fingerprint density at radius 2 is 2.11 bits per heavy atom. The van der Waals surface area contributed by atoms with Crippen LogP contribution in [0.1, 0.15) is 31.1 Å². The second-order valence-corrected chi connectivity index (χ2v) is 5.32. The molecule has 1 amide bonds. The Morgan fingerprint density at radius 3 is 2.68 bits per heavy atom. The molecule has 0 saturated carbocycles. The SMILES string of the molecule is CCNc1ncccc1C(=O)NCC(C)(C)N(C)C. The Hall–Kier alpha value is -1.62. The summed E-state index contributed by atoms with van der Waals surface area (Å²) in [5, 5.41) is 6.05. The lowest BCUT2D eigenvalue weighted by molar-refractivity contribution is 0.0920. The minimum absolute atomic E-state index is 0.0871. The van der Waals surface area contributed by atoms with Crippen molar-refractivity contribution in [2.75, 3.05) is 32.5 Å². The third kappa shape index (κ3) is 4.21. The van der Waals surface area contributed by atoms with E-state index in [2.05, 4.69) is 34.4 Å². The highest BCUT2D eigenvalue weighted by molar-refractivity contribution is 5.98. The molecular formula is C14H24N4O. The van der Waals surface area contributed by atoms with Crippen molar-refractivity contribution < 1.29 is 4.79 Å². The first-order valence-corrected chi connectivity index (χ1v) is 6.53. The van der Waals surface area contributed by atoms with Gasteiger partial charge < -0.3 is 15.5 Å². The number of aromatic nitrogens is 1. The van der Waals surface area contributed by atoms with E-state index in [1.165, 1.54) is 0 Å². The molecule has 0 saturated heterocycles. The van der Waals surface area contributed by atoms with Crippen molar-refractivity contribution in [3.63, 3.8) is 0 Å². The summed E-state index contributed by atoms with van der Waals surface area (Å²) in [6, 6.07) is 3.55. The van der Waals surface area contributed by atoms with Crippen molar-refractivity contribution in [1.82, 2.24) is 15.2 Å². The van der Waals surface area contributed by atoms with Crippen LogP contribution in [0.3, 0.4) is 0 Å². The Bertz CT molecular complexity index is 429. The Balaban J connectivity index is 2.74. The van der Waals surface area contributed by atoms with Crippen LogP contribution in [-0.2, 0) is 0 Å². The molecule has 0 aromatic carbocycles. The molecule has 0 aliphatic heterocycles. The van der Waals surface area contributed by atoms with Gasteiger partial charge in [0.1, 0.15) is 5.82 Å². The van der Waals surface area contributed by atoms with Gasteiger partial charge in [0.25, 0.3) is 5.91 Å². The molecule has 1 aromatic heterocycles. The second kappa shape index (κ2) is 6.52. The molecule has 1 aromatic rings. The maximum absolute atomic E-state index is 12.2. The predicted molar refractivity (Wildman–Crippen MR) is 78.5 cm³/mol. The Labute approximate surface area is 115 Å². The van der Waals surface area contributed by atoms with E-state index in [0.717, 1.165) is 6.54 Å². The number of nitrogens with zero attached hydrogens (tertiary/aromatic N) is 2. The van der Waals surface area contributed by atoms with Crippen molar-refractivity contribution >= 4 is 11.7 Å². The number of pyridine rings is 1. The number of amides is 1. The van der Waals surface area contributed by atoms with Crippen LogP contribution in [-0.4, -0.2) is 48.5 Å². The summed E-state index contributed by atoms with van der Waals surface area (Å²) in [6.07, 6.45) is 1.68. The standard InChI is InChI=1S/C14H24N4O/c1-6-15-12-11(8-7-9-16-12)13(19)17-10-14(2,3)18(4)5/h7-9H,6,10H2,1-5H3,(H,15,16)(H,17,19). The number of hydrogen-bond donors (Lipinski definition) is 2. The lowest BCUT2D eigenvalue weighted by Crippen LogP contribution is -2.48. The monoisotopic (exact) mass is 264 g/mol. The van der Waals surface area contributed by atoms with Gasteiger partial charge in [-0.3, -0.25) is 4.79 Å². The van der Waals surface area contributed by atoms with Crippen LogP contribution in [0, 0.1) is 0 Å². The summed E-state index contributed by atoms with van der Waals surface area (Å²) in [4.78, 5) is 18.5. The molecule has 0 bridgehead atoms. The van der Waals surface area contributed by atoms with Crippen LogP contribution in [0.2, 0.25) is 0 Å². The fourth-order valence-corrected chi connectivity index (χ4v) is 1.45. The first kappa shape index (κ1) is 15.4. The Morgan fingerprint density at radius 1 is 1.42 bits per heavy atom. The molecule has 19 heavy (non-hydrogen) atoms. The third-order valence-corrected chi connectivity index (χ3v) is 3.29. The lowest BCUT2D eigenvalue weighted by Gasteiger charge is -2.32. The van der Waals surface area contributed by atoms with Gasteiger partial charge in [0, 0.05) is 24.8 Å². The normalized spacial score (nSPS) is 11.5. The number of likely N-dealkylation sites (N-methyl/N-ethyl adjacent to an activating group) is 1. The first-order valence-electron chi connectivity index (χ1n) is 6.53. The number of nitrogens with one attached hydrogen (secondary N) is 2. The van der Waals surface area contributed by atoms with E-state index >= 15 is 0 Å². The minimum atomic E-state index is -0.0982. The van der Waals surface area contributed by atoms with Gasteiger partial charge in [-0.2, -0.15) is 0 Å². The quantitative estimate of drug-likeness (QED) is 0.819. The third-order valence-electron chi connectivity index (χ3n) is 3.29. The molecule has 0 radical (unpaired) electrons. The molecule has 0 atom stereocenters. The van der Waals surface area contributed by atoms with Crippen LogP contribution in [0.25, 0.3) is 0 Å². The van der Waals surface area contributed by atoms with Crippen LogP contribution in [0.5, 0.6) is 0 Å². The smallest absolute Gasteiger partial charge is 0.255 e. The fourth-order valence-electron chi connectivity index (χ4n) is 1.45. The summed E-state index contributed by atoms with van der Waals surface area (Å²) in [6.45, 7) is 7.47. The van der Waals surface area contributed by atoms with Gasteiger partial charge in [-0.25, -0.2) is 4.98 Å². The van der Waals surface area contributed by atoms with Crippen LogP contribution < -0.4 is 10.6 Å². The molecule has 0 aliphatic rings. The van der Waals surface area contributed by atoms with Crippen LogP contribution in [0.15, 0.2) is 18.3 Å². The van der Waals surface area contributed by atoms with Crippen molar-refractivity contribution in [3.8, 4) is 0 Å². The second-order valence-electron chi connectivity index (χ2n) is 5.32. The average Bonchev–Trinajstić information content (AvgIpc) is 2.37. The summed E-state index contributed by atoms with van der Waals surface area (Å²) >= 11 is 0. The molecule has 5 nitrogen and oxygen atoms in total. The molecule has 5 heteroatoms. The number of anilines is 1. The molecule has 0 fully saturated rings. The van der Waals surface area contributed by atoms with Gasteiger partial charge in [0.05, 0.1) is 5.56 Å². The van der Waals surface area contributed by atoms with Gasteiger partial charge in [0.15, 0.2) is 0 Å². The van der Waals surface area contributed by atoms with Crippen molar-refractivity contribution in [1.29, 1.82) is 0 Å². The van der Waals surface area contributed by atoms with Crippen molar-refractivity contribution in [3.05, 3.63) is 23.9 Å². The average molecular weight is 264 g/mol. The van der Waals surface area contributed by atoms with E-state index in [4.69, 9.17) is 0 Å². The molecule has 0 aliphatic carbocycles. The molecule has 2 N–H and O–H groups in total. The summed E-state index contributed by atoms with van der Waals surface area (Å²) in [5.74, 6) is 0.532. The van der Waals surface area contributed by atoms with E-state index in [1.807, 2.05) is 21.0 Å². The van der Waals surface area contributed by atoms with Crippen LogP contribution in [0.4, 0.5) is 5.82 Å². The van der Waals surface area contributed by atoms with Gasteiger partial charge in [0.2, 0.25) is 0 Å². The van der Waals surface area contributed by atoms with Crippen molar-refractivity contribution in [2.45, 2.75) is 26.3 Å². The lowest BCUT2D eigenvalue weighted by atomic mass is 10.0. The zero-order chi connectivity index (χ0) is 14.5. The van der Waals surface area contributed by atoms with Gasteiger partial charge in [-0.1, -0.05) is 0 Å². The maximum atomic E-state index is 12.2. The molecule has 0 spiro atoms. The zero-order valence-electron chi connectivity index (χ0n) is 12.4. The van der Waals surface area contributed by atoms with E-state index in [0.29, 0.717) is 17.9 Å². The van der Waals surface area contributed by atoms with E-state index < -0.39 is 0 Å². The molecule has 0 unspecified atom stereocenters. The number of rotatable bonds is 6. The van der Waals surface area contributed by atoms with Gasteiger partial charge in [-0.15, -0.1) is 0 Å². The number of hydrogen-bond acceptors (Lipinski definition) is 4. The highest BCUT2D eigenvalue weighted by Gasteiger charge is 2.22. The maximum Gasteiger partial charge on any atom is 0.255 e. The van der Waals surface area contributed by atoms with Crippen LogP contribution >= 0.6 is 0 Å². The Kier molecular flexibility index (Phi) is 5.30. The molecule has 1 rings (SSSR count). The minimum Gasteiger partial charge on any atom is -0.370 e. The summed E-state index contributed by atoms with van der Waals surface area (Å²) < 4.78 is 0. The topological polar surface area (TPSA) is 57.3 Å². The van der Waals surface area contributed by atoms with E-state index in [-0.39, 0.29) is 11.4 Å². The molecule has 106 valence electrons. The molecule has 1 heterocycles. The largest absolute Gasteiger partial charge is 0.370 e. The fraction of sp³-hybridized carbons (Fsp3) is 0.571. The summed E-state index contributed by atoms with van der Waals surface area (Å²) in [7, 11) is 4.00. The predicted octanol–water partition coefficient (Wildman–Crippen LogP) is 1.58. The van der Waals surface area contributed by atoms with Crippen molar-refractivity contribution in [2.24, 2.45) is 0 Å².